The van der Waals surface area contributed by atoms with Gasteiger partial charge in [0.1, 0.15) is 5.82 Å². The molecule has 0 aliphatic carbocycles. The Morgan fingerprint density at radius 1 is 1.17 bits per heavy atom. The molecule has 0 spiro atoms. The van der Waals surface area contributed by atoms with Gasteiger partial charge in [0.25, 0.3) is 6.08 Å². The zero-order valence-electron chi connectivity index (χ0n) is 15.3. The van der Waals surface area contributed by atoms with Crippen LogP contribution in [0.2, 0.25) is 0 Å². The highest BCUT2D eigenvalue weighted by Crippen LogP contribution is 2.21. The summed E-state index contributed by atoms with van der Waals surface area (Å²) >= 11 is 0. The number of nitrogens with two attached hydrogens (primary N) is 1. The van der Waals surface area contributed by atoms with E-state index in [2.05, 4.69) is 15.2 Å². The predicted molar refractivity (Wildman–Crippen MR) is 103 cm³/mol. The summed E-state index contributed by atoms with van der Waals surface area (Å²) in [7, 11) is -3.30. The predicted octanol–water partition coefficient (Wildman–Crippen LogP) is 1.68. The van der Waals surface area contributed by atoms with Gasteiger partial charge in [0.2, 0.25) is 0 Å². The zero-order chi connectivity index (χ0) is 21.2. The SMILES string of the molecule is CS(=O)(=O)c1ccc(-c2ccc(-n3c(CC(CN)=C(F)F)n[nH]c3=O)cn2)cc1. The minimum Gasteiger partial charge on any atom is -0.327 e. The topological polar surface area (TPSA) is 124 Å². The van der Waals surface area contributed by atoms with Gasteiger partial charge in [-0.2, -0.15) is 13.9 Å². The Bertz CT molecular complexity index is 1210. The summed E-state index contributed by atoms with van der Waals surface area (Å²) in [6.45, 7) is -0.357. The van der Waals surface area contributed by atoms with Crippen LogP contribution in [-0.4, -0.2) is 41.0 Å². The lowest BCUT2D eigenvalue weighted by atomic mass is 10.1. The van der Waals surface area contributed by atoms with E-state index in [1.807, 2.05) is 0 Å². The minimum absolute atomic E-state index is 0.0790. The van der Waals surface area contributed by atoms with Gasteiger partial charge in [0.15, 0.2) is 9.84 Å². The van der Waals surface area contributed by atoms with Crippen LogP contribution in [0.3, 0.4) is 0 Å². The smallest absolute Gasteiger partial charge is 0.327 e. The van der Waals surface area contributed by atoms with E-state index in [4.69, 9.17) is 5.73 Å². The van der Waals surface area contributed by atoms with Crippen LogP contribution in [0.25, 0.3) is 16.9 Å². The van der Waals surface area contributed by atoms with Crippen molar-refractivity contribution in [3.05, 3.63) is 70.6 Å². The van der Waals surface area contributed by atoms with Crippen molar-refractivity contribution in [3.63, 3.8) is 0 Å². The minimum atomic E-state index is -3.30. The van der Waals surface area contributed by atoms with E-state index < -0.39 is 21.6 Å². The maximum atomic E-state index is 12.9. The highest BCUT2D eigenvalue weighted by Gasteiger charge is 2.15. The molecule has 0 bridgehead atoms. The van der Waals surface area contributed by atoms with Crippen molar-refractivity contribution in [3.8, 4) is 16.9 Å². The maximum Gasteiger partial charge on any atom is 0.348 e. The van der Waals surface area contributed by atoms with Crippen molar-refractivity contribution >= 4 is 9.84 Å². The Morgan fingerprint density at radius 2 is 1.86 bits per heavy atom. The van der Waals surface area contributed by atoms with Crippen LogP contribution in [0.5, 0.6) is 0 Å². The number of hydrogen-bond donors (Lipinski definition) is 2. The van der Waals surface area contributed by atoms with Crippen molar-refractivity contribution < 1.29 is 17.2 Å². The number of benzene rings is 1. The van der Waals surface area contributed by atoms with E-state index in [1.165, 1.54) is 18.3 Å². The van der Waals surface area contributed by atoms with Gasteiger partial charge < -0.3 is 5.73 Å². The number of halogens is 2. The summed E-state index contributed by atoms with van der Waals surface area (Å²) in [6.07, 6.45) is 0.333. The van der Waals surface area contributed by atoms with E-state index in [-0.39, 0.29) is 29.3 Å². The van der Waals surface area contributed by atoms with E-state index in [1.54, 1.807) is 24.3 Å². The summed E-state index contributed by atoms with van der Waals surface area (Å²) in [6, 6.07) is 9.41. The van der Waals surface area contributed by atoms with Crippen LogP contribution < -0.4 is 11.4 Å². The summed E-state index contributed by atoms with van der Waals surface area (Å²) in [4.78, 5) is 16.6. The van der Waals surface area contributed by atoms with Gasteiger partial charge in [0.05, 0.1) is 22.5 Å². The van der Waals surface area contributed by atoms with E-state index in [9.17, 15) is 22.0 Å². The van der Waals surface area contributed by atoms with Crippen LogP contribution in [0.4, 0.5) is 8.78 Å². The first-order chi connectivity index (χ1) is 13.7. The molecule has 3 aromatic rings. The van der Waals surface area contributed by atoms with Gasteiger partial charge in [-0.15, -0.1) is 0 Å². The van der Waals surface area contributed by atoms with Gasteiger partial charge in [-0.1, -0.05) is 12.1 Å². The van der Waals surface area contributed by atoms with Crippen molar-refractivity contribution in [1.82, 2.24) is 19.7 Å². The molecule has 8 nitrogen and oxygen atoms in total. The van der Waals surface area contributed by atoms with E-state index in [0.29, 0.717) is 16.9 Å². The molecular formula is C18H17F2N5O3S. The molecule has 29 heavy (non-hydrogen) atoms. The molecule has 0 aliphatic heterocycles. The Hall–Kier alpha value is -3.18. The van der Waals surface area contributed by atoms with E-state index >= 15 is 0 Å². The van der Waals surface area contributed by atoms with Crippen LogP contribution in [0.1, 0.15) is 5.82 Å². The molecule has 0 radical (unpaired) electrons. The third-order valence-electron chi connectivity index (χ3n) is 4.21. The third-order valence-corrected chi connectivity index (χ3v) is 5.34. The number of nitrogens with zero attached hydrogens (tertiary/aromatic N) is 3. The second-order valence-corrected chi connectivity index (χ2v) is 8.24. The number of H-pyrrole nitrogens is 1. The molecule has 2 heterocycles. The van der Waals surface area contributed by atoms with Gasteiger partial charge in [-0.05, 0) is 24.3 Å². The molecule has 0 atom stereocenters. The summed E-state index contributed by atoms with van der Waals surface area (Å²) in [5.74, 6) is 0.0790. The molecule has 152 valence electrons. The quantitative estimate of drug-likeness (QED) is 0.624. The molecule has 3 N–H and O–H groups in total. The summed E-state index contributed by atoms with van der Waals surface area (Å²) in [5, 5.41) is 6.03. The van der Waals surface area contributed by atoms with Gasteiger partial charge >= 0.3 is 5.69 Å². The average molecular weight is 421 g/mol. The highest BCUT2D eigenvalue weighted by atomic mass is 32.2. The molecule has 0 saturated heterocycles. The van der Waals surface area contributed by atoms with Gasteiger partial charge in [0, 0.05) is 30.4 Å². The fourth-order valence-electron chi connectivity index (χ4n) is 2.68. The molecule has 1 aromatic carbocycles. The van der Waals surface area contributed by atoms with Crippen molar-refractivity contribution in [2.24, 2.45) is 5.73 Å². The Kier molecular flexibility index (Phi) is 5.71. The van der Waals surface area contributed by atoms with Crippen LogP contribution in [0, 0.1) is 0 Å². The van der Waals surface area contributed by atoms with Gasteiger partial charge in [-0.25, -0.2) is 22.9 Å². The lowest BCUT2D eigenvalue weighted by Gasteiger charge is -2.08. The molecule has 2 aromatic heterocycles. The Labute approximate surface area is 164 Å². The molecule has 0 amide bonds. The molecule has 0 unspecified atom stereocenters. The van der Waals surface area contributed by atoms with Crippen molar-refractivity contribution in [1.29, 1.82) is 0 Å². The molecular weight excluding hydrogens is 404 g/mol. The standard InChI is InChI=1S/C18H17F2N5O3S/c1-29(27,28)14-5-2-11(3-6-14)15-7-4-13(10-22-15)25-16(23-24-18(25)26)8-12(9-21)17(19)20/h2-7,10H,8-9,21H2,1H3,(H,24,26). The summed E-state index contributed by atoms with van der Waals surface area (Å²) in [5.41, 5.74) is 5.97. The first kappa shape index (κ1) is 20.6. The number of hydrogen-bond acceptors (Lipinski definition) is 6. The molecule has 0 fully saturated rings. The number of pyridine rings is 1. The van der Waals surface area contributed by atoms with Gasteiger partial charge in [-0.3, -0.25) is 4.98 Å². The Balaban J connectivity index is 1.93. The fraction of sp³-hybridized carbons (Fsp3) is 0.167. The number of aromatic nitrogens is 4. The first-order valence-electron chi connectivity index (χ1n) is 8.37. The van der Waals surface area contributed by atoms with Crippen molar-refractivity contribution in [2.45, 2.75) is 11.3 Å². The molecule has 3 rings (SSSR count). The Morgan fingerprint density at radius 3 is 2.38 bits per heavy atom. The van der Waals surface area contributed by atoms with Crippen LogP contribution >= 0.6 is 0 Å². The highest BCUT2D eigenvalue weighted by molar-refractivity contribution is 7.90. The van der Waals surface area contributed by atoms with Crippen molar-refractivity contribution in [2.75, 3.05) is 12.8 Å². The molecule has 0 aliphatic rings. The monoisotopic (exact) mass is 421 g/mol. The zero-order valence-corrected chi connectivity index (χ0v) is 16.1. The van der Waals surface area contributed by atoms with E-state index in [0.717, 1.165) is 10.8 Å². The molecule has 0 saturated carbocycles. The molecule has 11 heteroatoms. The second kappa shape index (κ2) is 8.05. The van der Waals surface area contributed by atoms with Crippen LogP contribution in [0.15, 0.2) is 63.9 Å². The number of rotatable bonds is 6. The van der Waals surface area contributed by atoms with Crippen LogP contribution in [-0.2, 0) is 16.3 Å². The lowest BCUT2D eigenvalue weighted by Crippen LogP contribution is -2.18. The number of sulfone groups is 1. The largest absolute Gasteiger partial charge is 0.348 e. The maximum absolute atomic E-state index is 12.9. The summed E-state index contributed by atoms with van der Waals surface area (Å²) < 4.78 is 50.0. The number of nitrogens with one attached hydrogen (secondary N) is 1. The normalized spacial score (nSPS) is 11.4. The second-order valence-electron chi connectivity index (χ2n) is 6.22. The first-order valence-corrected chi connectivity index (χ1v) is 10.3. The lowest BCUT2D eigenvalue weighted by molar-refractivity contribution is 0.407. The number of aromatic amines is 1. The average Bonchev–Trinajstić information content (AvgIpc) is 3.05. The fourth-order valence-corrected chi connectivity index (χ4v) is 3.31. The third kappa shape index (κ3) is 4.46.